The lowest BCUT2D eigenvalue weighted by Gasteiger charge is -2.14. The van der Waals surface area contributed by atoms with Gasteiger partial charge in [0.15, 0.2) is 0 Å². The van der Waals surface area contributed by atoms with Gasteiger partial charge in [0.1, 0.15) is 6.04 Å². The zero-order valence-electron chi connectivity index (χ0n) is 29.6. The SMILES string of the molecule is N[C@@H](CCC(=O)O)C(=O)NCCCOCCOCCOCCCNC(=O)CC[C@H](NC(=O)CCCCCCCCCCCCC(=O)O)C(=O)O. The van der Waals surface area contributed by atoms with Gasteiger partial charge in [0, 0.05) is 52.0 Å². The maximum atomic E-state index is 12.2. The van der Waals surface area contributed by atoms with Gasteiger partial charge in [-0.3, -0.25) is 24.0 Å². The molecule has 0 spiro atoms. The first-order valence-electron chi connectivity index (χ1n) is 18.0. The maximum absolute atomic E-state index is 12.2. The first-order chi connectivity index (χ1) is 24.0. The number of carbonyl (C=O) groups is 6. The Labute approximate surface area is 295 Å². The van der Waals surface area contributed by atoms with Crippen molar-refractivity contribution >= 4 is 35.6 Å². The van der Waals surface area contributed by atoms with Crippen LogP contribution in [-0.2, 0) is 43.0 Å². The Morgan fingerprint density at radius 2 is 0.960 bits per heavy atom. The summed E-state index contributed by atoms with van der Waals surface area (Å²) in [6.07, 6.45) is 11.3. The van der Waals surface area contributed by atoms with Gasteiger partial charge in [0.05, 0.1) is 32.5 Å². The van der Waals surface area contributed by atoms with E-state index in [1.54, 1.807) is 0 Å². The minimum atomic E-state index is -1.17. The number of carboxylic acids is 3. The third-order valence-electron chi connectivity index (χ3n) is 7.64. The van der Waals surface area contributed by atoms with Gasteiger partial charge >= 0.3 is 17.9 Å². The lowest BCUT2D eigenvalue weighted by molar-refractivity contribution is -0.142. The number of rotatable bonds is 36. The first-order valence-corrected chi connectivity index (χ1v) is 18.0. The van der Waals surface area contributed by atoms with Crippen LogP contribution in [-0.4, -0.2) is 116 Å². The highest BCUT2D eigenvalue weighted by Crippen LogP contribution is 2.12. The number of carbonyl (C=O) groups excluding carboxylic acids is 3. The van der Waals surface area contributed by atoms with Gasteiger partial charge in [0.25, 0.3) is 0 Å². The molecular weight excluding hydrogens is 656 g/mol. The van der Waals surface area contributed by atoms with Crippen molar-refractivity contribution in [3.8, 4) is 0 Å². The second-order valence-corrected chi connectivity index (χ2v) is 12.2. The molecule has 0 aliphatic heterocycles. The number of unbranched alkanes of at least 4 members (excludes halogenated alkanes) is 9. The summed E-state index contributed by atoms with van der Waals surface area (Å²) in [5.41, 5.74) is 5.62. The van der Waals surface area contributed by atoms with Gasteiger partial charge in [-0.15, -0.1) is 0 Å². The molecule has 0 fully saturated rings. The lowest BCUT2D eigenvalue weighted by atomic mass is 10.0. The first kappa shape index (κ1) is 46.7. The van der Waals surface area contributed by atoms with Crippen molar-refractivity contribution in [3.63, 3.8) is 0 Å². The molecule has 0 aliphatic rings. The van der Waals surface area contributed by atoms with Crippen molar-refractivity contribution in [1.82, 2.24) is 16.0 Å². The Morgan fingerprint density at radius 3 is 1.46 bits per heavy atom. The van der Waals surface area contributed by atoms with Crippen LogP contribution >= 0.6 is 0 Å². The van der Waals surface area contributed by atoms with E-state index in [0.29, 0.717) is 72.0 Å². The Hall–Kier alpha value is -3.34. The Morgan fingerprint density at radius 1 is 0.500 bits per heavy atom. The standard InChI is InChI=1S/C34H62N4O12/c35-27(15-18-32(43)44)33(45)37-20-12-22-49-24-26-50-25-23-48-21-11-19-36-29(39)17-16-28(34(46)47)38-30(40)13-9-7-5-3-1-2-4-6-8-10-14-31(41)42/h27-28H,1-26,35H2,(H,36,39)(H,37,45)(H,38,40)(H,41,42)(H,43,44)(H,46,47)/t27-,28-/m0/s1. The summed E-state index contributed by atoms with van der Waals surface area (Å²) in [7, 11) is 0. The molecule has 0 rings (SSSR count). The smallest absolute Gasteiger partial charge is 0.326 e. The van der Waals surface area contributed by atoms with Crippen LogP contribution in [0.1, 0.15) is 116 Å². The summed E-state index contributed by atoms with van der Waals surface area (Å²) in [5, 5.41) is 34.6. The van der Waals surface area contributed by atoms with Crippen molar-refractivity contribution in [1.29, 1.82) is 0 Å². The van der Waals surface area contributed by atoms with E-state index in [2.05, 4.69) is 16.0 Å². The maximum Gasteiger partial charge on any atom is 0.326 e. The fourth-order valence-corrected chi connectivity index (χ4v) is 4.73. The highest BCUT2D eigenvalue weighted by atomic mass is 16.5. The number of nitrogens with one attached hydrogen (secondary N) is 3. The molecule has 0 saturated carbocycles. The van der Waals surface area contributed by atoms with Crippen molar-refractivity contribution in [2.24, 2.45) is 5.73 Å². The Balaban J connectivity index is 3.65. The van der Waals surface area contributed by atoms with Crippen LogP contribution < -0.4 is 21.7 Å². The molecule has 0 saturated heterocycles. The fourth-order valence-electron chi connectivity index (χ4n) is 4.73. The summed E-state index contributed by atoms with van der Waals surface area (Å²) in [4.78, 5) is 68.7. The normalized spacial score (nSPS) is 12.2. The Bertz CT molecular complexity index is 953. The van der Waals surface area contributed by atoms with Gasteiger partial charge < -0.3 is 51.2 Å². The average Bonchev–Trinajstić information content (AvgIpc) is 3.07. The molecule has 8 N–H and O–H groups in total. The number of ether oxygens (including phenoxy) is 3. The number of amides is 3. The summed E-state index contributed by atoms with van der Waals surface area (Å²) < 4.78 is 16.3. The van der Waals surface area contributed by atoms with E-state index in [4.69, 9.17) is 30.2 Å². The highest BCUT2D eigenvalue weighted by Gasteiger charge is 2.21. The number of hydrogen-bond donors (Lipinski definition) is 7. The molecule has 0 aliphatic carbocycles. The molecule has 16 heteroatoms. The van der Waals surface area contributed by atoms with Crippen molar-refractivity contribution in [2.75, 3.05) is 52.7 Å². The minimum absolute atomic E-state index is 0.00220. The minimum Gasteiger partial charge on any atom is -0.481 e. The molecule has 0 unspecified atom stereocenters. The lowest BCUT2D eigenvalue weighted by Crippen LogP contribution is -2.41. The van der Waals surface area contributed by atoms with E-state index < -0.39 is 30.0 Å². The third-order valence-corrected chi connectivity index (χ3v) is 7.64. The Kier molecular flexibility index (Phi) is 30.6. The number of hydrogen-bond acceptors (Lipinski definition) is 10. The fraction of sp³-hybridized carbons (Fsp3) is 0.824. The zero-order chi connectivity index (χ0) is 37.2. The van der Waals surface area contributed by atoms with Crippen LogP contribution in [0.25, 0.3) is 0 Å². The van der Waals surface area contributed by atoms with Gasteiger partial charge in [-0.25, -0.2) is 4.79 Å². The average molecular weight is 719 g/mol. The molecule has 0 radical (unpaired) electrons. The monoisotopic (exact) mass is 718 g/mol. The van der Waals surface area contributed by atoms with Crippen LogP contribution in [0.4, 0.5) is 0 Å². The topological polar surface area (TPSA) is 253 Å². The van der Waals surface area contributed by atoms with Gasteiger partial charge in [0.2, 0.25) is 17.7 Å². The molecule has 0 heterocycles. The van der Waals surface area contributed by atoms with E-state index >= 15 is 0 Å². The van der Waals surface area contributed by atoms with E-state index in [-0.39, 0.29) is 56.2 Å². The highest BCUT2D eigenvalue weighted by molar-refractivity contribution is 5.84. The van der Waals surface area contributed by atoms with Crippen LogP contribution in [0.5, 0.6) is 0 Å². The summed E-state index contributed by atoms with van der Waals surface area (Å²) in [6.45, 7) is 3.10. The predicted molar refractivity (Wildman–Crippen MR) is 184 cm³/mol. The summed E-state index contributed by atoms with van der Waals surface area (Å²) in [5.74, 6) is -3.92. The van der Waals surface area contributed by atoms with Crippen LogP contribution in [0.3, 0.4) is 0 Å². The molecule has 0 bridgehead atoms. The third kappa shape index (κ3) is 31.9. The van der Waals surface area contributed by atoms with Crippen molar-refractivity contribution in [2.45, 2.75) is 128 Å². The summed E-state index contributed by atoms with van der Waals surface area (Å²) in [6, 6.07) is -1.96. The molecule has 0 aromatic carbocycles. The van der Waals surface area contributed by atoms with Crippen LogP contribution in [0.15, 0.2) is 0 Å². The number of carboxylic acid groups (broad SMARTS) is 3. The molecule has 0 aromatic heterocycles. The molecular formula is C34H62N4O12. The molecule has 3 amide bonds. The van der Waals surface area contributed by atoms with Gasteiger partial charge in [-0.2, -0.15) is 0 Å². The number of nitrogens with two attached hydrogens (primary N) is 1. The molecule has 50 heavy (non-hydrogen) atoms. The van der Waals surface area contributed by atoms with Crippen LogP contribution in [0.2, 0.25) is 0 Å². The van der Waals surface area contributed by atoms with Crippen molar-refractivity contribution < 1.29 is 58.3 Å². The second-order valence-electron chi connectivity index (χ2n) is 12.2. The zero-order valence-corrected chi connectivity index (χ0v) is 29.6. The van der Waals surface area contributed by atoms with E-state index in [1.807, 2.05) is 0 Å². The molecule has 290 valence electrons. The summed E-state index contributed by atoms with van der Waals surface area (Å²) >= 11 is 0. The van der Waals surface area contributed by atoms with E-state index in [1.165, 1.54) is 0 Å². The van der Waals surface area contributed by atoms with Gasteiger partial charge in [-0.05, 0) is 38.5 Å². The second kappa shape index (κ2) is 32.8. The van der Waals surface area contributed by atoms with Crippen molar-refractivity contribution in [3.05, 3.63) is 0 Å². The predicted octanol–water partition coefficient (Wildman–Crippen LogP) is 2.36. The van der Waals surface area contributed by atoms with Crippen LogP contribution in [0, 0.1) is 0 Å². The quantitative estimate of drug-likeness (QED) is 0.0460. The number of aliphatic carboxylic acids is 3. The van der Waals surface area contributed by atoms with E-state index in [0.717, 1.165) is 57.8 Å². The van der Waals surface area contributed by atoms with Gasteiger partial charge in [-0.1, -0.05) is 51.4 Å². The molecule has 0 aromatic rings. The molecule has 2 atom stereocenters. The largest absolute Gasteiger partial charge is 0.481 e. The van der Waals surface area contributed by atoms with E-state index in [9.17, 15) is 33.9 Å². The molecule has 16 nitrogen and oxygen atoms in total.